The Balaban J connectivity index is 2.88. The number of unbranched alkanes of at least 4 members (excludes halogenated alkanes) is 13. The molecule has 0 aromatic carbocycles. The molecule has 0 fully saturated rings. The maximum atomic E-state index is 5.05. The third-order valence-corrected chi connectivity index (χ3v) is 4.29. The minimum Gasteiger partial charge on any atom is -0.385 e. The summed E-state index contributed by atoms with van der Waals surface area (Å²) in [5.41, 5.74) is 0. The summed E-state index contributed by atoms with van der Waals surface area (Å²) in [7, 11) is 1.79. The topological polar surface area (TPSA) is 9.23 Å². The minimum absolute atomic E-state index is 0.940. The molecule has 0 aliphatic heterocycles. The fraction of sp³-hybridized carbons (Fsp3) is 1.00. The predicted molar refractivity (Wildman–Crippen MR) is 90.3 cm³/mol. The van der Waals surface area contributed by atoms with Crippen molar-refractivity contribution in [1.82, 2.24) is 0 Å². The van der Waals surface area contributed by atoms with Crippen LogP contribution in [0.3, 0.4) is 0 Å². The van der Waals surface area contributed by atoms with Gasteiger partial charge in [-0.15, -0.1) is 0 Å². The van der Waals surface area contributed by atoms with Crippen LogP contribution in [0.1, 0.15) is 89.9 Å². The molecule has 0 spiro atoms. The molecule has 0 N–H and O–H groups in total. The van der Waals surface area contributed by atoms with E-state index in [1.807, 2.05) is 0 Å². The summed E-state index contributed by atoms with van der Waals surface area (Å²) in [6.45, 7) is 0.940. The Morgan fingerprint density at radius 1 is 0.526 bits per heavy atom. The van der Waals surface area contributed by atoms with Crippen molar-refractivity contribution in [2.75, 3.05) is 19.0 Å². The van der Waals surface area contributed by atoms with Crippen LogP contribution < -0.4 is 0 Å². The quantitative estimate of drug-likeness (QED) is 0.231. The lowest BCUT2D eigenvalue weighted by molar-refractivity contribution is 0.192. The van der Waals surface area contributed by atoms with Gasteiger partial charge in [0.1, 0.15) is 0 Å². The van der Waals surface area contributed by atoms with E-state index in [-0.39, 0.29) is 0 Å². The Morgan fingerprint density at radius 3 is 1.16 bits per heavy atom. The molecule has 0 aliphatic carbocycles. The normalized spacial score (nSPS) is 11.1. The highest BCUT2D eigenvalue weighted by molar-refractivity contribution is 9.09. The van der Waals surface area contributed by atoms with Gasteiger partial charge < -0.3 is 4.74 Å². The number of alkyl halides is 1. The minimum atomic E-state index is 0.940. The molecular formula is C17H35BrO. The maximum Gasteiger partial charge on any atom is 0.0462 e. The Hall–Kier alpha value is 0.440. The van der Waals surface area contributed by atoms with E-state index in [0.29, 0.717) is 0 Å². The zero-order chi connectivity index (χ0) is 14.0. The molecule has 19 heavy (non-hydrogen) atoms. The van der Waals surface area contributed by atoms with Gasteiger partial charge in [-0.05, 0) is 12.8 Å². The van der Waals surface area contributed by atoms with E-state index in [0.717, 1.165) is 6.61 Å². The van der Waals surface area contributed by atoms with Crippen LogP contribution in [0.15, 0.2) is 0 Å². The van der Waals surface area contributed by atoms with E-state index in [9.17, 15) is 0 Å². The van der Waals surface area contributed by atoms with Gasteiger partial charge in [0.05, 0.1) is 0 Å². The van der Waals surface area contributed by atoms with Gasteiger partial charge in [0.25, 0.3) is 0 Å². The van der Waals surface area contributed by atoms with Crippen LogP contribution >= 0.6 is 15.9 Å². The Labute approximate surface area is 130 Å². The third-order valence-electron chi connectivity index (χ3n) is 3.73. The fourth-order valence-corrected chi connectivity index (χ4v) is 2.86. The van der Waals surface area contributed by atoms with Crippen molar-refractivity contribution < 1.29 is 4.74 Å². The molecule has 2 heteroatoms. The lowest BCUT2D eigenvalue weighted by atomic mass is 10.0. The van der Waals surface area contributed by atoms with E-state index < -0.39 is 0 Å². The van der Waals surface area contributed by atoms with Crippen LogP contribution in [0.2, 0.25) is 0 Å². The van der Waals surface area contributed by atoms with Crippen LogP contribution in [0.4, 0.5) is 0 Å². The molecule has 116 valence electrons. The van der Waals surface area contributed by atoms with Gasteiger partial charge in [-0.2, -0.15) is 0 Å². The molecule has 0 radical (unpaired) electrons. The molecule has 0 rings (SSSR count). The number of hydrogen-bond donors (Lipinski definition) is 0. The molecule has 0 aromatic rings. The van der Waals surface area contributed by atoms with E-state index in [1.165, 1.54) is 95.2 Å². The average Bonchev–Trinajstić information content (AvgIpc) is 2.43. The molecule has 0 heterocycles. The van der Waals surface area contributed by atoms with Crippen LogP contribution in [-0.4, -0.2) is 19.0 Å². The van der Waals surface area contributed by atoms with Crippen LogP contribution in [-0.2, 0) is 4.74 Å². The highest BCUT2D eigenvalue weighted by Crippen LogP contribution is 2.13. The average molecular weight is 335 g/mol. The predicted octanol–water partition coefficient (Wildman–Crippen LogP) is 6.49. The highest BCUT2D eigenvalue weighted by Gasteiger charge is 1.94. The fourth-order valence-electron chi connectivity index (χ4n) is 2.46. The maximum absolute atomic E-state index is 5.05. The summed E-state index contributed by atoms with van der Waals surface area (Å²) in [6, 6.07) is 0. The van der Waals surface area contributed by atoms with Crippen LogP contribution in [0.25, 0.3) is 0 Å². The molecule has 0 aliphatic rings. The summed E-state index contributed by atoms with van der Waals surface area (Å²) in [5.74, 6) is 0. The van der Waals surface area contributed by atoms with Crippen LogP contribution in [0.5, 0.6) is 0 Å². The number of methoxy groups -OCH3 is 1. The first-order valence-corrected chi connectivity index (χ1v) is 9.59. The molecule has 0 amide bonds. The van der Waals surface area contributed by atoms with Gasteiger partial charge in [-0.1, -0.05) is 93.0 Å². The van der Waals surface area contributed by atoms with Gasteiger partial charge in [-0.25, -0.2) is 0 Å². The molecule has 0 saturated carbocycles. The lowest BCUT2D eigenvalue weighted by Gasteiger charge is -2.03. The van der Waals surface area contributed by atoms with Gasteiger partial charge >= 0.3 is 0 Å². The first kappa shape index (κ1) is 19.4. The van der Waals surface area contributed by atoms with Gasteiger partial charge in [0.15, 0.2) is 0 Å². The standard InChI is InChI=1S/C17H35BrO/c1-19-17-15-13-11-9-7-5-3-2-4-6-8-10-12-14-16-18/h2-17H2,1H3. The zero-order valence-electron chi connectivity index (χ0n) is 13.1. The van der Waals surface area contributed by atoms with Gasteiger partial charge in [-0.3, -0.25) is 0 Å². The zero-order valence-corrected chi connectivity index (χ0v) is 14.7. The number of halogens is 1. The van der Waals surface area contributed by atoms with Crippen molar-refractivity contribution in [2.24, 2.45) is 0 Å². The highest BCUT2D eigenvalue weighted by atomic mass is 79.9. The molecule has 0 unspecified atom stereocenters. The number of ether oxygens (including phenoxy) is 1. The summed E-state index contributed by atoms with van der Waals surface area (Å²) in [5, 5.41) is 1.18. The molecular weight excluding hydrogens is 300 g/mol. The summed E-state index contributed by atoms with van der Waals surface area (Å²) in [6.07, 6.45) is 19.8. The number of hydrogen-bond acceptors (Lipinski definition) is 1. The lowest BCUT2D eigenvalue weighted by Crippen LogP contribution is -1.88. The summed E-state index contributed by atoms with van der Waals surface area (Å²) >= 11 is 3.48. The van der Waals surface area contributed by atoms with E-state index in [1.54, 1.807) is 7.11 Å². The molecule has 0 atom stereocenters. The second-order valence-electron chi connectivity index (χ2n) is 5.63. The second-order valence-corrected chi connectivity index (χ2v) is 6.42. The molecule has 0 bridgehead atoms. The van der Waals surface area contributed by atoms with E-state index in [2.05, 4.69) is 15.9 Å². The number of rotatable bonds is 16. The first-order valence-electron chi connectivity index (χ1n) is 8.46. The Bertz CT molecular complexity index is 134. The Morgan fingerprint density at radius 2 is 0.842 bits per heavy atom. The van der Waals surface area contributed by atoms with Crippen molar-refractivity contribution in [2.45, 2.75) is 89.9 Å². The second kappa shape index (κ2) is 18.4. The van der Waals surface area contributed by atoms with Crippen molar-refractivity contribution in [3.8, 4) is 0 Å². The molecule has 1 nitrogen and oxygen atoms in total. The van der Waals surface area contributed by atoms with E-state index >= 15 is 0 Å². The monoisotopic (exact) mass is 334 g/mol. The van der Waals surface area contributed by atoms with Crippen molar-refractivity contribution in [3.63, 3.8) is 0 Å². The first-order chi connectivity index (χ1) is 9.41. The van der Waals surface area contributed by atoms with Crippen molar-refractivity contribution in [1.29, 1.82) is 0 Å². The van der Waals surface area contributed by atoms with Crippen molar-refractivity contribution in [3.05, 3.63) is 0 Å². The molecule has 0 saturated heterocycles. The van der Waals surface area contributed by atoms with Gasteiger partial charge in [0, 0.05) is 19.0 Å². The van der Waals surface area contributed by atoms with Crippen LogP contribution in [0, 0.1) is 0 Å². The molecule has 0 aromatic heterocycles. The van der Waals surface area contributed by atoms with E-state index in [4.69, 9.17) is 4.74 Å². The Kier molecular flexibility index (Phi) is 18.9. The third kappa shape index (κ3) is 18.4. The summed E-state index contributed by atoms with van der Waals surface area (Å²) in [4.78, 5) is 0. The van der Waals surface area contributed by atoms with Crippen molar-refractivity contribution >= 4 is 15.9 Å². The largest absolute Gasteiger partial charge is 0.385 e. The van der Waals surface area contributed by atoms with Gasteiger partial charge in [0.2, 0.25) is 0 Å². The summed E-state index contributed by atoms with van der Waals surface area (Å²) < 4.78 is 5.05. The smallest absolute Gasteiger partial charge is 0.0462 e. The SMILES string of the molecule is COCCCCCCCCCCCCCCCCBr.